The summed E-state index contributed by atoms with van der Waals surface area (Å²) in [5.74, 6) is 0.813. The average molecular weight is 383 g/mol. The molecule has 1 aliphatic heterocycles. The predicted molar refractivity (Wildman–Crippen MR) is 113 cm³/mol. The highest BCUT2D eigenvalue weighted by molar-refractivity contribution is 6.22. The summed E-state index contributed by atoms with van der Waals surface area (Å²) in [6.45, 7) is 2.00. The second-order valence-electron chi connectivity index (χ2n) is 7.77. The smallest absolute Gasteiger partial charge is 0.238 e. The topological polar surface area (TPSA) is 46.6 Å². The molecule has 5 rings (SSSR count). The molecule has 2 amide bonds. The van der Waals surface area contributed by atoms with Gasteiger partial charge in [-0.05, 0) is 59.5 Å². The molecule has 0 unspecified atom stereocenters. The van der Waals surface area contributed by atoms with Gasteiger partial charge in [-0.1, -0.05) is 49.4 Å². The normalized spacial score (nSPS) is 23.5. The molecule has 1 saturated heterocycles. The van der Waals surface area contributed by atoms with E-state index in [-0.39, 0.29) is 29.6 Å². The molecular weight excluding hydrogens is 362 g/mol. The van der Waals surface area contributed by atoms with Crippen molar-refractivity contribution < 1.29 is 14.3 Å². The molecule has 1 fully saturated rings. The number of amides is 2. The van der Waals surface area contributed by atoms with Crippen molar-refractivity contribution in [2.24, 2.45) is 17.8 Å². The van der Waals surface area contributed by atoms with Crippen LogP contribution in [0.5, 0.6) is 11.5 Å². The number of nitrogens with zero attached hydrogens (tertiary/aromatic N) is 1. The Morgan fingerprint density at radius 2 is 1.59 bits per heavy atom. The molecule has 1 aliphatic carbocycles. The molecule has 0 radical (unpaired) electrons. The lowest BCUT2D eigenvalue weighted by molar-refractivity contribution is -0.122. The summed E-state index contributed by atoms with van der Waals surface area (Å²) >= 11 is 0. The number of benzene rings is 3. The number of rotatable bonds is 3. The molecule has 0 saturated carbocycles. The first kappa shape index (κ1) is 17.7. The van der Waals surface area contributed by atoms with Gasteiger partial charge in [-0.2, -0.15) is 0 Å². The van der Waals surface area contributed by atoms with E-state index in [0.717, 1.165) is 16.5 Å². The van der Waals surface area contributed by atoms with Crippen LogP contribution < -0.4 is 9.64 Å². The van der Waals surface area contributed by atoms with Gasteiger partial charge in [0.2, 0.25) is 11.8 Å². The Hall–Kier alpha value is -3.40. The Labute approximate surface area is 169 Å². The van der Waals surface area contributed by atoms with Gasteiger partial charge in [0.15, 0.2) is 0 Å². The highest BCUT2D eigenvalue weighted by Crippen LogP contribution is 2.40. The van der Waals surface area contributed by atoms with Gasteiger partial charge in [-0.25, -0.2) is 0 Å². The molecule has 2 aliphatic rings. The van der Waals surface area contributed by atoms with Crippen molar-refractivity contribution >= 4 is 28.3 Å². The fraction of sp³-hybridized carbons (Fsp3) is 0.200. The third-order valence-corrected chi connectivity index (χ3v) is 5.92. The van der Waals surface area contributed by atoms with Crippen LogP contribution in [0.15, 0.2) is 78.9 Å². The van der Waals surface area contributed by atoms with Gasteiger partial charge in [0, 0.05) is 0 Å². The van der Waals surface area contributed by atoms with Crippen LogP contribution in [0.2, 0.25) is 0 Å². The summed E-state index contributed by atoms with van der Waals surface area (Å²) in [6.07, 6.45) is 4.69. The van der Waals surface area contributed by atoms with Crippen LogP contribution in [-0.4, -0.2) is 11.8 Å². The minimum Gasteiger partial charge on any atom is -0.457 e. The maximum absolute atomic E-state index is 12.9. The number of fused-ring (bicyclic) bond motifs is 2. The lowest BCUT2D eigenvalue weighted by Crippen LogP contribution is -2.31. The summed E-state index contributed by atoms with van der Waals surface area (Å²) < 4.78 is 5.97. The molecular formula is C25H21NO3. The number of carbonyl (C=O) groups excluding carboxylic acids is 2. The van der Waals surface area contributed by atoms with Crippen molar-refractivity contribution in [2.45, 2.75) is 13.3 Å². The maximum atomic E-state index is 12.9. The van der Waals surface area contributed by atoms with E-state index in [1.807, 2.05) is 55.5 Å². The van der Waals surface area contributed by atoms with Crippen LogP contribution in [0.1, 0.15) is 13.3 Å². The Balaban J connectivity index is 1.37. The van der Waals surface area contributed by atoms with Crippen LogP contribution in [0.4, 0.5) is 5.69 Å². The first-order valence-corrected chi connectivity index (χ1v) is 9.93. The molecule has 3 atom stereocenters. The molecule has 4 nitrogen and oxygen atoms in total. The molecule has 3 aromatic carbocycles. The van der Waals surface area contributed by atoms with Gasteiger partial charge in [0.25, 0.3) is 0 Å². The number of hydrogen-bond donors (Lipinski definition) is 0. The summed E-state index contributed by atoms with van der Waals surface area (Å²) in [7, 11) is 0. The average Bonchev–Trinajstić information content (AvgIpc) is 3.00. The SMILES string of the molecule is C[C@H]1C=CC[C@H]2C(=O)N(c3ccc(Oc4ccc5ccccc5c4)cc3)C(=O)[C@H]12. The summed E-state index contributed by atoms with van der Waals surface area (Å²) in [4.78, 5) is 27.1. The van der Waals surface area contributed by atoms with Gasteiger partial charge < -0.3 is 4.74 Å². The van der Waals surface area contributed by atoms with E-state index in [0.29, 0.717) is 17.9 Å². The van der Waals surface area contributed by atoms with Crippen molar-refractivity contribution in [3.05, 3.63) is 78.9 Å². The highest BCUT2D eigenvalue weighted by atomic mass is 16.5. The standard InChI is InChI=1S/C25H21NO3/c1-16-5-4-8-22-23(16)25(28)26(24(22)27)19-10-13-20(14-11-19)29-21-12-9-17-6-2-3-7-18(17)15-21/h2-7,9-16,22-23H,8H2,1H3/t16-,22+,23+/m0/s1. The van der Waals surface area contributed by atoms with Crippen molar-refractivity contribution in [1.29, 1.82) is 0 Å². The van der Waals surface area contributed by atoms with Gasteiger partial charge in [0.05, 0.1) is 17.5 Å². The zero-order chi connectivity index (χ0) is 20.0. The van der Waals surface area contributed by atoms with Gasteiger partial charge >= 0.3 is 0 Å². The number of allylic oxidation sites excluding steroid dienone is 2. The zero-order valence-corrected chi connectivity index (χ0v) is 16.1. The molecule has 0 N–H and O–H groups in total. The van der Waals surface area contributed by atoms with E-state index in [4.69, 9.17) is 4.74 Å². The number of imide groups is 1. The minimum absolute atomic E-state index is 0.0886. The second-order valence-corrected chi connectivity index (χ2v) is 7.77. The molecule has 0 bridgehead atoms. The minimum atomic E-state index is -0.249. The highest BCUT2D eigenvalue weighted by Gasteiger charge is 2.50. The fourth-order valence-corrected chi connectivity index (χ4v) is 4.43. The Morgan fingerprint density at radius 3 is 2.34 bits per heavy atom. The van der Waals surface area contributed by atoms with Crippen molar-refractivity contribution in [3.63, 3.8) is 0 Å². The number of anilines is 1. The molecule has 4 heteroatoms. The first-order chi connectivity index (χ1) is 14.1. The molecule has 29 heavy (non-hydrogen) atoms. The monoisotopic (exact) mass is 383 g/mol. The second kappa shape index (κ2) is 6.89. The first-order valence-electron chi connectivity index (χ1n) is 9.93. The maximum Gasteiger partial charge on any atom is 0.238 e. The van der Waals surface area contributed by atoms with E-state index in [1.54, 1.807) is 24.3 Å². The van der Waals surface area contributed by atoms with Crippen LogP contribution >= 0.6 is 0 Å². The molecule has 0 aromatic heterocycles. The van der Waals surface area contributed by atoms with Crippen LogP contribution in [0, 0.1) is 17.8 Å². The van der Waals surface area contributed by atoms with Crippen molar-refractivity contribution in [3.8, 4) is 11.5 Å². The van der Waals surface area contributed by atoms with Crippen molar-refractivity contribution in [1.82, 2.24) is 0 Å². The Bertz CT molecular complexity index is 1130. The zero-order valence-electron chi connectivity index (χ0n) is 16.1. The Morgan fingerprint density at radius 1 is 0.862 bits per heavy atom. The van der Waals surface area contributed by atoms with Gasteiger partial charge in [0.1, 0.15) is 11.5 Å². The molecule has 0 spiro atoms. The third-order valence-electron chi connectivity index (χ3n) is 5.92. The summed E-state index contributed by atoms with van der Waals surface area (Å²) in [6, 6.07) is 21.2. The van der Waals surface area contributed by atoms with E-state index in [9.17, 15) is 9.59 Å². The number of carbonyl (C=O) groups is 2. The van der Waals surface area contributed by atoms with Gasteiger partial charge in [-0.15, -0.1) is 0 Å². The summed E-state index contributed by atoms with van der Waals surface area (Å²) in [5, 5.41) is 2.27. The summed E-state index contributed by atoms with van der Waals surface area (Å²) in [5.41, 5.74) is 0.604. The predicted octanol–water partition coefficient (Wildman–Crippen LogP) is 5.33. The van der Waals surface area contributed by atoms with E-state index in [2.05, 4.69) is 6.07 Å². The molecule has 144 valence electrons. The quantitative estimate of drug-likeness (QED) is 0.453. The van der Waals surface area contributed by atoms with Crippen LogP contribution in [0.25, 0.3) is 10.8 Å². The number of ether oxygens (including phenoxy) is 1. The van der Waals surface area contributed by atoms with Gasteiger partial charge in [-0.3, -0.25) is 14.5 Å². The Kier molecular flexibility index (Phi) is 4.20. The number of hydrogen-bond acceptors (Lipinski definition) is 3. The van der Waals surface area contributed by atoms with E-state index in [1.165, 1.54) is 4.90 Å². The molecule has 1 heterocycles. The fourth-order valence-electron chi connectivity index (χ4n) is 4.43. The van der Waals surface area contributed by atoms with E-state index >= 15 is 0 Å². The lowest BCUT2D eigenvalue weighted by Gasteiger charge is -2.22. The van der Waals surface area contributed by atoms with Crippen LogP contribution in [0.3, 0.4) is 0 Å². The third kappa shape index (κ3) is 3.01. The van der Waals surface area contributed by atoms with E-state index < -0.39 is 0 Å². The van der Waals surface area contributed by atoms with Crippen molar-refractivity contribution in [2.75, 3.05) is 4.90 Å². The van der Waals surface area contributed by atoms with Crippen LogP contribution in [-0.2, 0) is 9.59 Å². The largest absolute Gasteiger partial charge is 0.457 e. The lowest BCUT2D eigenvalue weighted by atomic mass is 9.78. The molecule has 3 aromatic rings.